The van der Waals surface area contributed by atoms with Crippen LogP contribution in [0.15, 0.2) is 0 Å². The van der Waals surface area contributed by atoms with E-state index in [2.05, 4.69) is 22.0 Å². The van der Waals surface area contributed by atoms with Gasteiger partial charge in [0.15, 0.2) is 0 Å². The van der Waals surface area contributed by atoms with Crippen molar-refractivity contribution in [3.8, 4) is 0 Å². The van der Waals surface area contributed by atoms with Crippen LogP contribution in [-0.2, 0) is 0 Å². The lowest BCUT2D eigenvalue weighted by Gasteiger charge is -2.38. The maximum atomic E-state index is 5.69. The molecule has 1 unspecified atom stereocenters. The highest BCUT2D eigenvalue weighted by molar-refractivity contribution is 4.77. The molecule has 0 spiro atoms. The monoisotopic (exact) mass is 198 g/mol. The number of hydrazine groups is 1. The van der Waals surface area contributed by atoms with Gasteiger partial charge >= 0.3 is 0 Å². The average molecular weight is 198 g/mol. The number of piperazine rings is 1. The maximum absolute atomic E-state index is 5.69. The summed E-state index contributed by atoms with van der Waals surface area (Å²) < 4.78 is 0. The van der Waals surface area contributed by atoms with E-state index in [4.69, 9.17) is 5.73 Å². The minimum Gasteiger partial charge on any atom is -0.330 e. The van der Waals surface area contributed by atoms with Crippen molar-refractivity contribution in [2.24, 2.45) is 11.7 Å². The summed E-state index contributed by atoms with van der Waals surface area (Å²) in [5.74, 6) is 0.731. The highest BCUT2D eigenvalue weighted by Gasteiger charge is 2.27. The molecule has 0 bridgehead atoms. The van der Waals surface area contributed by atoms with Gasteiger partial charge < -0.3 is 10.6 Å². The van der Waals surface area contributed by atoms with Gasteiger partial charge in [0.2, 0.25) is 0 Å². The quantitative estimate of drug-likeness (QED) is 0.644. The van der Waals surface area contributed by atoms with E-state index in [0.29, 0.717) is 0 Å². The first-order chi connectivity index (χ1) is 6.79. The van der Waals surface area contributed by atoms with Crippen LogP contribution in [-0.4, -0.2) is 67.8 Å². The molecule has 0 aliphatic carbocycles. The summed E-state index contributed by atoms with van der Waals surface area (Å²) in [6.07, 6.45) is 1.28. The van der Waals surface area contributed by atoms with Gasteiger partial charge in [0.25, 0.3) is 0 Å². The molecule has 82 valence electrons. The fourth-order valence-corrected chi connectivity index (χ4v) is 2.34. The van der Waals surface area contributed by atoms with Crippen LogP contribution in [0.2, 0.25) is 0 Å². The van der Waals surface area contributed by atoms with Crippen molar-refractivity contribution in [2.75, 3.05) is 52.9 Å². The van der Waals surface area contributed by atoms with E-state index >= 15 is 0 Å². The Morgan fingerprint density at radius 2 is 1.79 bits per heavy atom. The van der Waals surface area contributed by atoms with Gasteiger partial charge in [-0.15, -0.1) is 0 Å². The molecule has 2 aliphatic heterocycles. The molecule has 2 rings (SSSR count). The lowest BCUT2D eigenvalue weighted by molar-refractivity contribution is -0.0380. The van der Waals surface area contributed by atoms with Crippen LogP contribution in [0.3, 0.4) is 0 Å². The molecule has 0 radical (unpaired) electrons. The van der Waals surface area contributed by atoms with Gasteiger partial charge in [-0.3, -0.25) is 0 Å². The first kappa shape index (κ1) is 10.4. The van der Waals surface area contributed by atoms with E-state index in [-0.39, 0.29) is 0 Å². The molecule has 4 nitrogen and oxygen atoms in total. The zero-order chi connectivity index (χ0) is 9.97. The van der Waals surface area contributed by atoms with Crippen LogP contribution in [0, 0.1) is 5.92 Å². The second-order valence-electron chi connectivity index (χ2n) is 4.56. The normalized spacial score (nSPS) is 32.6. The first-order valence-corrected chi connectivity index (χ1v) is 5.68. The number of likely N-dealkylation sites (N-methyl/N-ethyl adjacent to an activating group) is 1. The Labute approximate surface area is 86.6 Å². The molecule has 2 heterocycles. The van der Waals surface area contributed by atoms with Crippen molar-refractivity contribution in [1.29, 1.82) is 0 Å². The molecule has 0 amide bonds. The Morgan fingerprint density at radius 1 is 1.07 bits per heavy atom. The van der Waals surface area contributed by atoms with E-state index in [1.54, 1.807) is 0 Å². The predicted octanol–water partition coefficient (Wildman–Crippen LogP) is -0.571. The Kier molecular flexibility index (Phi) is 3.38. The largest absolute Gasteiger partial charge is 0.330 e. The number of rotatable bonds is 2. The number of nitrogens with two attached hydrogens (primary N) is 1. The van der Waals surface area contributed by atoms with E-state index in [0.717, 1.165) is 12.5 Å². The summed E-state index contributed by atoms with van der Waals surface area (Å²) in [6.45, 7) is 8.02. The summed E-state index contributed by atoms with van der Waals surface area (Å²) >= 11 is 0. The molecule has 0 aromatic carbocycles. The summed E-state index contributed by atoms with van der Waals surface area (Å²) in [6, 6.07) is 0. The number of hydrogen-bond donors (Lipinski definition) is 1. The van der Waals surface area contributed by atoms with Crippen molar-refractivity contribution < 1.29 is 0 Å². The van der Waals surface area contributed by atoms with Crippen molar-refractivity contribution in [3.05, 3.63) is 0 Å². The zero-order valence-electron chi connectivity index (χ0n) is 9.15. The predicted molar refractivity (Wildman–Crippen MR) is 57.8 cm³/mol. The van der Waals surface area contributed by atoms with Crippen molar-refractivity contribution in [3.63, 3.8) is 0 Å². The highest BCUT2D eigenvalue weighted by Crippen LogP contribution is 2.17. The summed E-state index contributed by atoms with van der Waals surface area (Å²) in [7, 11) is 2.20. The molecule has 2 aliphatic rings. The van der Waals surface area contributed by atoms with E-state index in [1.165, 1.54) is 45.7 Å². The molecule has 0 saturated carbocycles. The second-order valence-corrected chi connectivity index (χ2v) is 4.56. The van der Waals surface area contributed by atoms with Crippen LogP contribution >= 0.6 is 0 Å². The number of hydrogen-bond acceptors (Lipinski definition) is 4. The molecule has 1 atom stereocenters. The fourth-order valence-electron chi connectivity index (χ4n) is 2.34. The molecule has 2 fully saturated rings. The standard InChI is InChI=1S/C10H22N4/c1-12-4-6-13(7-5-12)14-3-2-10(8-11)9-14/h10H,2-9,11H2,1H3. The van der Waals surface area contributed by atoms with Gasteiger partial charge in [-0.2, -0.15) is 0 Å². The third-order valence-corrected chi connectivity index (χ3v) is 3.48. The molecule has 0 aromatic heterocycles. The van der Waals surface area contributed by atoms with Crippen molar-refractivity contribution in [1.82, 2.24) is 14.9 Å². The molecule has 2 N–H and O–H groups in total. The van der Waals surface area contributed by atoms with Crippen LogP contribution < -0.4 is 5.73 Å². The zero-order valence-corrected chi connectivity index (χ0v) is 9.15. The van der Waals surface area contributed by atoms with Gasteiger partial charge in [-0.25, -0.2) is 10.0 Å². The van der Waals surface area contributed by atoms with Gasteiger partial charge in [0.05, 0.1) is 0 Å². The van der Waals surface area contributed by atoms with Crippen LogP contribution in [0.1, 0.15) is 6.42 Å². The highest BCUT2D eigenvalue weighted by atomic mass is 15.6. The molecular formula is C10H22N4. The van der Waals surface area contributed by atoms with Crippen LogP contribution in [0.25, 0.3) is 0 Å². The van der Waals surface area contributed by atoms with Crippen molar-refractivity contribution in [2.45, 2.75) is 6.42 Å². The van der Waals surface area contributed by atoms with Crippen LogP contribution in [0.5, 0.6) is 0 Å². The summed E-state index contributed by atoms with van der Waals surface area (Å²) in [5, 5.41) is 5.01. The number of nitrogens with zero attached hydrogens (tertiary/aromatic N) is 3. The molecule has 4 heteroatoms. The first-order valence-electron chi connectivity index (χ1n) is 5.68. The minimum absolute atomic E-state index is 0.731. The van der Waals surface area contributed by atoms with E-state index in [9.17, 15) is 0 Å². The molecule has 14 heavy (non-hydrogen) atoms. The van der Waals surface area contributed by atoms with Gasteiger partial charge in [0.1, 0.15) is 0 Å². The summed E-state index contributed by atoms with van der Waals surface area (Å²) in [5.41, 5.74) is 5.69. The Hall–Kier alpha value is -0.160. The second kappa shape index (κ2) is 4.57. The lowest BCUT2D eigenvalue weighted by Crippen LogP contribution is -2.52. The van der Waals surface area contributed by atoms with Gasteiger partial charge in [-0.05, 0) is 25.9 Å². The Balaban J connectivity index is 1.79. The third-order valence-electron chi connectivity index (χ3n) is 3.48. The molecule has 2 saturated heterocycles. The fraction of sp³-hybridized carbons (Fsp3) is 1.00. The average Bonchev–Trinajstić information content (AvgIpc) is 2.67. The topological polar surface area (TPSA) is 35.7 Å². The summed E-state index contributed by atoms with van der Waals surface area (Å²) in [4.78, 5) is 2.40. The molecule has 0 aromatic rings. The third kappa shape index (κ3) is 2.25. The smallest absolute Gasteiger partial charge is 0.0261 e. The van der Waals surface area contributed by atoms with E-state index < -0.39 is 0 Å². The minimum atomic E-state index is 0.731. The maximum Gasteiger partial charge on any atom is 0.0261 e. The van der Waals surface area contributed by atoms with E-state index in [1.807, 2.05) is 0 Å². The Bertz CT molecular complexity index is 177. The lowest BCUT2D eigenvalue weighted by atomic mass is 10.1. The van der Waals surface area contributed by atoms with Gasteiger partial charge in [0, 0.05) is 39.3 Å². The van der Waals surface area contributed by atoms with Crippen molar-refractivity contribution >= 4 is 0 Å². The van der Waals surface area contributed by atoms with Gasteiger partial charge in [-0.1, -0.05) is 0 Å². The SMILES string of the molecule is CN1CCN(N2CCC(CN)C2)CC1. The Morgan fingerprint density at radius 3 is 2.36 bits per heavy atom. The van der Waals surface area contributed by atoms with Crippen LogP contribution in [0.4, 0.5) is 0 Å². The molecular weight excluding hydrogens is 176 g/mol.